The smallest absolute Gasteiger partial charge is 0.417 e. The van der Waals surface area contributed by atoms with Gasteiger partial charge in [0.05, 0.1) is 29.6 Å². The van der Waals surface area contributed by atoms with Crippen molar-refractivity contribution in [3.63, 3.8) is 0 Å². The molecule has 2 aromatic rings. The molecule has 41 heavy (non-hydrogen) atoms. The molecular formula is C28H35ClF3N3O5S. The van der Waals surface area contributed by atoms with Crippen LogP contribution in [0, 0.1) is 0 Å². The number of ether oxygens (including phenoxy) is 1. The summed E-state index contributed by atoms with van der Waals surface area (Å²) < 4.78 is 72.0. The van der Waals surface area contributed by atoms with E-state index in [-0.39, 0.29) is 30.6 Å². The van der Waals surface area contributed by atoms with Gasteiger partial charge in [0, 0.05) is 12.6 Å². The van der Waals surface area contributed by atoms with Crippen LogP contribution in [0.1, 0.15) is 56.6 Å². The standard InChI is InChI=1S/C28H35ClF3N3O5S/c1-4-25(27(37)33-20-10-6-5-7-11-20)34(17-19-9-8-12-22(15-19)40-2)26(36)18-35(41(3,38)39)21-13-14-24(29)23(16-21)28(30,31)32/h8-9,12-16,20,25H,4-7,10-11,17-18H2,1-3H3,(H,33,37)/t25-/m1/s1. The van der Waals surface area contributed by atoms with Gasteiger partial charge in [0.1, 0.15) is 18.3 Å². The Morgan fingerprint density at radius 3 is 2.39 bits per heavy atom. The largest absolute Gasteiger partial charge is 0.497 e. The summed E-state index contributed by atoms with van der Waals surface area (Å²) in [5, 5.41) is 2.42. The fourth-order valence-electron chi connectivity index (χ4n) is 4.93. The molecule has 13 heteroatoms. The van der Waals surface area contributed by atoms with Crippen molar-refractivity contribution < 1.29 is 35.9 Å². The summed E-state index contributed by atoms with van der Waals surface area (Å²) in [6.45, 7) is 0.855. The van der Waals surface area contributed by atoms with Gasteiger partial charge in [-0.3, -0.25) is 13.9 Å². The Labute approximate surface area is 243 Å². The molecular weight excluding hydrogens is 583 g/mol. The van der Waals surface area contributed by atoms with Crippen molar-refractivity contribution in [1.82, 2.24) is 10.2 Å². The zero-order chi connectivity index (χ0) is 30.4. The topological polar surface area (TPSA) is 96.0 Å². The Morgan fingerprint density at radius 1 is 1.12 bits per heavy atom. The summed E-state index contributed by atoms with van der Waals surface area (Å²) in [5.74, 6) is -0.604. The van der Waals surface area contributed by atoms with Crippen molar-refractivity contribution in [3.8, 4) is 5.75 Å². The molecule has 0 saturated heterocycles. The predicted molar refractivity (Wildman–Crippen MR) is 151 cm³/mol. The minimum Gasteiger partial charge on any atom is -0.497 e. The summed E-state index contributed by atoms with van der Waals surface area (Å²) in [5.41, 5.74) is -0.985. The van der Waals surface area contributed by atoms with Gasteiger partial charge in [-0.2, -0.15) is 13.2 Å². The van der Waals surface area contributed by atoms with Gasteiger partial charge in [-0.05, 0) is 55.2 Å². The molecule has 0 bridgehead atoms. The average Bonchev–Trinajstić information content (AvgIpc) is 2.91. The molecule has 0 aliphatic heterocycles. The molecule has 2 amide bonds. The second-order valence-electron chi connectivity index (χ2n) is 10.1. The van der Waals surface area contributed by atoms with Crippen LogP contribution < -0.4 is 14.4 Å². The Bertz CT molecular complexity index is 1330. The summed E-state index contributed by atoms with van der Waals surface area (Å²) in [7, 11) is -2.74. The molecule has 2 aromatic carbocycles. The highest BCUT2D eigenvalue weighted by Gasteiger charge is 2.36. The first-order valence-electron chi connectivity index (χ1n) is 13.3. The van der Waals surface area contributed by atoms with Crippen LogP contribution in [0.5, 0.6) is 5.75 Å². The highest BCUT2D eigenvalue weighted by molar-refractivity contribution is 7.92. The molecule has 0 radical (unpaired) electrons. The number of nitrogens with one attached hydrogen (secondary N) is 1. The number of hydrogen-bond acceptors (Lipinski definition) is 5. The van der Waals surface area contributed by atoms with Gasteiger partial charge in [0.15, 0.2) is 0 Å². The highest BCUT2D eigenvalue weighted by atomic mass is 35.5. The number of amides is 2. The Hall–Kier alpha value is -2.99. The maximum absolute atomic E-state index is 13.8. The lowest BCUT2D eigenvalue weighted by atomic mass is 9.95. The van der Waals surface area contributed by atoms with Crippen LogP contribution >= 0.6 is 11.6 Å². The van der Waals surface area contributed by atoms with Gasteiger partial charge in [-0.1, -0.05) is 49.9 Å². The van der Waals surface area contributed by atoms with Crippen molar-refractivity contribution >= 4 is 39.1 Å². The molecule has 3 rings (SSSR count). The van der Waals surface area contributed by atoms with Gasteiger partial charge in [-0.25, -0.2) is 8.42 Å². The predicted octanol–water partition coefficient (Wildman–Crippen LogP) is 5.39. The summed E-state index contributed by atoms with van der Waals surface area (Å²) in [6, 6.07) is 8.51. The normalized spacial score (nSPS) is 15.2. The molecule has 0 aromatic heterocycles. The molecule has 0 spiro atoms. The Morgan fingerprint density at radius 2 is 1.80 bits per heavy atom. The number of benzene rings is 2. The SMILES string of the molecule is CC[C@H](C(=O)NC1CCCCC1)N(Cc1cccc(OC)c1)C(=O)CN(c1ccc(Cl)c(C(F)(F)F)c1)S(C)(=O)=O. The number of methoxy groups -OCH3 is 1. The van der Waals surface area contributed by atoms with Gasteiger partial charge >= 0.3 is 6.18 Å². The monoisotopic (exact) mass is 617 g/mol. The van der Waals surface area contributed by atoms with Crippen molar-refractivity contribution in [1.29, 1.82) is 0 Å². The molecule has 1 aliphatic rings. The number of carbonyl (C=O) groups excluding carboxylic acids is 2. The zero-order valence-electron chi connectivity index (χ0n) is 23.2. The van der Waals surface area contributed by atoms with Gasteiger partial charge < -0.3 is 15.0 Å². The minimum absolute atomic E-state index is 0.0264. The Balaban J connectivity index is 1.98. The molecule has 0 heterocycles. The molecule has 8 nitrogen and oxygen atoms in total. The fourth-order valence-corrected chi connectivity index (χ4v) is 6.00. The van der Waals surface area contributed by atoms with Crippen LogP contribution in [-0.2, 0) is 32.3 Å². The third-order valence-corrected chi connectivity index (χ3v) is 8.52. The summed E-state index contributed by atoms with van der Waals surface area (Å²) >= 11 is 5.73. The van der Waals surface area contributed by atoms with Gasteiger partial charge in [0.2, 0.25) is 21.8 Å². The van der Waals surface area contributed by atoms with E-state index in [1.165, 1.54) is 12.0 Å². The number of anilines is 1. The number of carbonyl (C=O) groups is 2. The average molecular weight is 618 g/mol. The first kappa shape index (κ1) is 32.5. The quantitative estimate of drug-likeness (QED) is 0.365. The lowest BCUT2D eigenvalue weighted by Crippen LogP contribution is -2.54. The van der Waals surface area contributed by atoms with Crippen LogP contribution in [0.2, 0.25) is 5.02 Å². The van der Waals surface area contributed by atoms with E-state index >= 15 is 0 Å². The second kappa shape index (κ2) is 13.8. The first-order chi connectivity index (χ1) is 19.2. The zero-order valence-corrected chi connectivity index (χ0v) is 24.8. The number of halogens is 4. The molecule has 1 N–H and O–H groups in total. The summed E-state index contributed by atoms with van der Waals surface area (Å²) in [6.07, 6.45) is 0.887. The van der Waals surface area contributed by atoms with Crippen LogP contribution in [0.25, 0.3) is 0 Å². The minimum atomic E-state index is -4.84. The highest BCUT2D eigenvalue weighted by Crippen LogP contribution is 2.37. The number of hydrogen-bond donors (Lipinski definition) is 1. The van der Waals surface area contributed by atoms with Crippen LogP contribution in [0.15, 0.2) is 42.5 Å². The number of alkyl halides is 3. The van der Waals surface area contributed by atoms with Crippen molar-refractivity contribution in [2.75, 3.05) is 24.2 Å². The van der Waals surface area contributed by atoms with E-state index in [2.05, 4.69) is 5.32 Å². The second-order valence-corrected chi connectivity index (χ2v) is 12.4. The maximum Gasteiger partial charge on any atom is 0.417 e. The van der Waals surface area contributed by atoms with E-state index in [0.29, 0.717) is 21.7 Å². The fraction of sp³-hybridized carbons (Fsp3) is 0.500. The lowest BCUT2D eigenvalue weighted by molar-refractivity contribution is -0.140. The number of rotatable bonds is 11. The molecule has 226 valence electrons. The lowest BCUT2D eigenvalue weighted by Gasteiger charge is -2.34. The van der Waals surface area contributed by atoms with Gasteiger partial charge in [-0.15, -0.1) is 0 Å². The number of nitrogens with zero attached hydrogens (tertiary/aromatic N) is 2. The molecule has 1 fully saturated rings. The molecule has 1 saturated carbocycles. The van der Waals surface area contributed by atoms with Crippen LogP contribution in [0.4, 0.5) is 18.9 Å². The molecule has 1 atom stereocenters. The van der Waals surface area contributed by atoms with E-state index in [1.807, 2.05) is 0 Å². The van der Waals surface area contributed by atoms with E-state index < -0.39 is 45.3 Å². The van der Waals surface area contributed by atoms with Crippen molar-refractivity contribution in [3.05, 3.63) is 58.6 Å². The van der Waals surface area contributed by atoms with Crippen molar-refractivity contribution in [2.24, 2.45) is 0 Å². The third-order valence-electron chi connectivity index (χ3n) is 7.05. The van der Waals surface area contributed by atoms with E-state index in [4.69, 9.17) is 16.3 Å². The Kier molecular flexibility index (Phi) is 10.9. The van der Waals surface area contributed by atoms with Crippen LogP contribution in [0.3, 0.4) is 0 Å². The van der Waals surface area contributed by atoms with Crippen molar-refractivity contribution in [2.45, 2.75) is 70.3 Å². The first-order valence-corrected chi connectivity index (χ1v) is 15.5. The third kappa shape index (κ3) is 8.75. The maximum atomic E-state index is 13.8. The van der Waals surface area contributed by atoms with E-state index in [9.17, 15) is 31.2 Å². The van der Waals surface area contributed by atoms with Crippen LogP contribution in [-0.4, -0.2) is 57.1 Å². The number of sulfonamides is 1. The summed E-state index contributed by atoms with van der Waals surface area (Å²) in [4.78, 5) is 28.6. The molecule has 1 aliphatic carbocycles. The molecule has 0 unspecified atom stereocenters. The van der Waals surface area contributed by atoms with E-state index in [1.54, 1.807) is 31.2 Å². The van der Waals surface area contributed by atoms with Gasteiger partial charge in [0.25, 0.3) is 0 Å². The van der Waals surface area contributed by atoms with E-state index in [0.717, 1.165) is 50.5 Å².